The summed E-state index contributed by atoms with van der Waals surface area (Å²) in [5.74, 6) is 0. The van der Waals surface area contributed by atoms with Gasteiger partial charge in [0.25, 0.3) is 0 Å². The summed E-state index contributed by atoms with van der Waals surface area (Å²) in [7, 11) is 0. The van der Waals surface area contributed by atoms with E-state index >= 15 is 0 Å². The summed E-state index contributed by atoms with van der Waals surface area (Å²) < 4.78 is 6.12. The first kappa shape index (κ1) is 12.9. The maximum atomic E-state index is 12.7. The second-order valence-electron chi connectivity index (χ2n) is 5.47. The minimum atomic E-state index is 0.0720. The van der Waals surface area contributed by atoms with Gasteiger partial charge in [0.05, 0.1) is 10.8 Å². The zero-order valence-corrected chi connectivity index (χ0v) is 12.3. The Hall–Kier alpha value is -2.09. The minimum Gasteiger partial charge on any atom is -0.455 e. The molecule has 1 aromatic heterocycles. The molecular formula is C18H18O2. The van der Waals surface area contributed by atoms with Gasteiger partial charge in [-0.3, -0.25) is 4.79 Å². The van der Waals surface area contributed by atoms with Gasteiger partial charge in [0.15, 0.2) is 0 Å². The van der Waals surface area contributed by atoms with Crippen molar-refractivity contribution in [2.75, 3.05) is 0 Å². The van der Waals surface area contributed by atoms with Gasteiger partial charge in [0.2, 0.25) is 5.43 Å². The maximum absolute atomic E-state index is 12.7. The number of rotatable bonds is 1. The quantitative estimate of drug-likeness (QED) is 0.610. The van der Waals surface area contributed by atoms with Crippen LogP contribution in [0.3, 0.4) is 0 Å². The van der Waals surface area contributed by atoms with E-state index in [9.17, 15) is 4.79 Å². The van der Waals surface area contributed by atoms with Crippen molar-refractivity contribution in [1.29, 1.82) is 0 Å². The zero-order valence-electron chi connectivity index (χ0n) is 12.3. The molecule has 3 rings (SSSR count). The average molecular weight is 266 g/mol. The van der Waals surface area contributed by atoms with Crippen LogP contribution in [0.15, 0.2) is 33.5 Å². The van der Waals surface area contributed by atoms with E-state index in [1.54, 1.807) is 0 Å². The summed E-state index contributed by atoms with van der Waals surface area (Å²) in [4.78, 5) is 12.7. The maximum Gasteiger partial charge on any atom is 0.200 e. The highest BCUT2D eigenvalue weighted by molar-refractivity contribution is 5.93. The van der Waals surface area contributed by atoms with E-state index in [1.165, 1.54) is 0 Å². The first-order valence-corrected chi connectivity index (χ1v) is 6.99. The van der Waals surface area contributed by atoms with Crippen LogP contribution in [0.2, 0.25) is 0 Å². The summed E-state index contributed by atoms with van der Waals surface area (Å²) in [6, 6.07) is 7.88. The van der Waals surface area contributed by atoms with Crippen LogP contribution in [0, 0.1) is 20.8 Å². The van der Waals surface area contributed by atoms with Crippen molar-refractivity contribution in [3.05, 3.63) is 56.7 Å². The van der Waals surface area contributed by atoms with Crippen molar-refractivity contribution < 1.29 is 4.42 Å². The number of benzene rings is 2. The summed E-state index contributed by atoms with van der Waals surface area (Å²) in [6.07, 6.45) is 0.859. The summed E-state index contributed by atoms with van der Waals surface area (Å²) in [6.45, 7) is 8.14. The molecule has 2 aromatic carbocycles. The van der Waals surface area contributed by atoms with Gasteiger partial charge in [-0.2, -0.15) is 0 Å². The molecule has 2 heteroatoms. The molecule has 102 valence electrons. The van der Waals surface area contributed by atoms with Crippen LogP contribution in [0.1, 0.15) is 29.2 Å². The molecule has 0 amide bonds. The van der Waals surface area contributed by atoms with Crippen LogP contribution < -0.4 is 5.43 Å². The van der Waals surface area contributed by atoms with Gasteiger partial charge in [0.1, 0.15) is 11.2 Å². The van der Waals surface area contributed by atoms with Gasteiger partial charge in [-0.25, -0.2) is 0 Å². The van der Waals surface area contributed by atoms with Crippen LogP contribution >= 0.6 is 0 Å². The van der Waals surface area contributed by atoms with Crippen LogP contribution in [0.25, 0.3) is 21.9 Å². The van der Waals surface area contributed by atoms with E-state index in [0.29, 0.717) is 10.8 Å². The first-order valence-electron chi connectivity index (χ1n) is 6.99. The molecule has 0 atom stereocenters. The molecular weight excluding hydrogens is 248 g/mol. The Bertz CT molecular complexity index is 885. The molecule has 0 saturated carbocycles. The zero-order chi connectivity index (χ0) is 14.4. The molecule has 0 spiro atoms. The predicted molar refractivity (Wildman–Crippen MR) is 83.6 cm³/mol. The molecule has 0 aliphatic carbocycles. The third-order valence-corrected chi connectivity index (χ3v) is 4.06. The standard InChI is InChI=1S/C18H18O2/c1-5-13-8-10(2)9-15-16(19)14-7-6-11(3)12(4)17(14)20-18(13)15/h6-9H,5H2,1-4H3. The third kappa shape index (κ3) is 1.75. The van der Waals surface area contributed by atoms with Crippen LogP contribution in [-0.4, -0.2) is 0 Å². The van der Waals surface area contributed by atoms with Gasteiger partial charge < -0.3 is 4.42 Å². The van der Waals surface area contributed by atoms with E-state index in [4.69, 9.17) is 4.42 Å². The van der Waals surface area contributed by atoms with Crippen molar-refractivity contribution in [1.82, 2.24) is 0 Å². The van der Waals surface area contributed by atoms with Gasteiger partial charge in [-0.15, -0.1) is 0 Å². The molecule has 0 saturated heterocycles. The van der Waals surface area contributed by atoms with Crippen LogP contribution in [0.4, 0.5) is 0 Å². The highest BCUT2D eigenvalue weighted by Crippen LogP contribution is 2.26. The van der Waals surface area contributed by atoms with Gasteiger partial charge in [-0.1, -0.05) is 19.1 Å². The van der Waals surface area contributed by atoms with Crippen molar-refractivity contribution in [3.63, 3.8) is 0 Å². The van der Waals surface area contributed by atoms with Crippen LogP contribution in [-0.2, 0) is 6.42 Å². The molecule has 0 N–H and O–H groups in total. The molecule has 0 aliphatic rings. The molecule has 0 bridgehead atoms. The van der Waals surface area contributed by atoms with E-state index in [2.05, 4.69) is 13.0 Å². The van der Waals surface area contributed by atoms with Crippen LogP contribution in [0.5, 0.6) is 0 Å². The third-order valence-electron chi connectivity index (χ3n) is 4.06. The topological polar surface area (TPSA) is 30.2 Å². The monoisotopic (exact) mass is 266 g/mol. The number of hydrogen-bond donors (Lipinski definition) is 0. The summed E-state index contributed by atoms with van der Waals surface area (Å²) >= 11 is 0. The Morgan fingerprint density at radius 3 is 2.45 bits per heavy atom. The normalized spacial score (nSPS) is 11.4. The van der Waals surface area contributed by atoms with Gasteiger partial charge in [0, 0.05) is 0 Å². The Labute approximate surface area is 118 Å². The molecule has 0 unspecified atom stereocenters. The highest BCUT2D eigenvalue weighted by atomic mass is 16.3. The lowest BCUT2D eigenvalue weighted by Crippen LogP contribution is -2.05. The Balaban J connectivity index is 2.61. The van der Waals surface area contributed by atoms with Gasteiger partial charge in [-0.05, 0) is 61.6 Å². The largest absolute Gasteiger partial charge is 0.455 e. The fourth-order valence-corrected chi connectivity index (χ4v) is 2.75. The lowest BCUT2D eigenvalue weighted by molar-refractivity contribution is 0.650. The lowest BCUT2D eigenvalue weighted by Gasteiger charge is -2.09. The number of hydrogen-bond acceptors (Lipinski definition) is 2. The van der Waals surface area contributed by atoms with Crippen molar-refractivity contribution in [3.8, 4) is 0 Å². The second-order valence-corrected chi connectivity index (χ2v) is 5.47. The predicted octanol–water partition coefficient (Wildman–Crippen LogP) is 4.43. The van der Waals surface area contributed by atoms with E-state index in [0.717, 1.165) is 39.8 Å². The molecule has 1 heterocycles. The minimum absolute atomic E-state index is 0.0720. The highest BCUT2D eigenvalue weighted by Gasteiger charge is 2.13. The molecule has 2 nitrogen and oxygen atoms in total. The molecule has 3 aromatic rings. The molecule has 0 fully saturated rings. The van der Waals surface area contributed by atoms with Gasteiger partial charge >= 0.3 is 0 Å². The smallest absolute Gasteiger partial charge is 0.200 e. The average Bonchev–Trinajstić information content (AvgIpc) is 2.43. The number of fused-ring (bicyclic) bond motifs is 2. The van der Waals surface area contributed by atoms with Crippen molar-refractivity contribution >= 4 is 21.9 Å². The SMILES string of the molecule is CCc1cc(C)cc2c(=O)c3ccc(C)c(C)c3oc12. The Morgan fingerprint density at radius 2 is 1.75 bits per heavy atom. The first-order chi connectivity index (χ1) is 9.52. The fraction of sp³-hybridized carbons (Fsp3) is 0.278. The fourth-order valence-electron chi connectivity index (χ4n) is 2.75. The summed E-state index contributed by atoms with van der Waals surface area (Å²) in [5.41, 5.74) is 5.92. The molecule has 20 heavy (non-hydrogen) atoms. The van der Waals surface area contributed by atoms with Crippen molar-refractivity contribution in [2.24, 2.45) is 0 Å². The number of aryl methyl sites for hydroxylation is 4. The molecule has 0 aliphatic heterocycles. The van der Waals surface area contributed by atoms with E-state index < -0.39 is 0 Å². The lowest BCUT2D eigenvalue weighted by atomic mass is 10.0. The Kier molecular flexibility index (Phi) is 2.89. The molecule has 0 radical (unpaired) electrons. The van der Waals surface area contributed by atoms with E-state index in [1.807, 2.05) is 39.0 Å². The van der Waals surface area contributed by atoms with Crippen molar-refractivity contribution in [2.45, 2.75) is 34.1 Å². The van der Waals surface area contributed by atoms with E-state index in [-0.39, 0.29) is 5.43 Å². The Morgan fingerprint density at radius 1 is 1.00 bits per heavy atom. The second kappa shape index (κ2) is 4.48. The summed E-state index contributed by atoms with van der Waals surface area (Å²) in [5, 5.41) is 1.37.